The van der Waals surface area contributed by atoms with Crippen LogP contribution in [0, 0.1) is 6.92 Å². The highest BCUT2D eigenvalue weighted by Crippen LogP contribution is 2.24. The summed E-state index contributed by atoms with van der Waals surface area (Å²) in [5.74, 6) is -0.266. The summed E-state index contributed by atoms with van der Waals surface area (Å²) in [6, 6.07) is 0. The Morgan fingerprint density at radius 1 is 1.59 bits per heavy atom. The SMILES string of the molecule is CNC(=O)CC1(COC)CN(C(=O)c2cn[nH]c2C)CCO1. The molecule has 22 heavy (non-hydrogen) atoms. The van der Waals surface area contributed by atoms with Gasteiger partial charge in [0, 0.05) is 26.4 Å². The van der Waals surface area contributed by atoms with Crippen molar-refractivity contribution in [3.05, 3.63) is 17.5 Å². The molecule has 122 valence electrons. The number of nitrogens with one attached hydrogen (secondary N) is 2. The maximum absolute atomic E-state index is 12.6. The van der Waals surface area contributed by atoms with Crippen LogP contribution in [0.25, 0.3) is 0 Å². The Morgan fingerprint density at radius 3 is 2.95 bits per heavy atom. The van der Waals surface area contributed by atoms with Crippen molar-refractivity contribution in [1.29, 1.82) is 0 Å². The minimum atomic E-state index is -0.819. The Bertz CT molecular complexity index is 541. The summed E-state index contributed by atoms with van der Waals surface area (Å²) >= 11 is 0. The smallest absolute Gasteiger partial charge is 0.257 e. The molecule has 1 saturated heterocycles. The van der Waals surface area contributed by atoms with Crippen LogP contribution in [-0.2, 0) is 14.3 Å². The van der Waals surface area contributed by atoms with E-state index in [4.69, 9.17) is 9.47 Å². The van der Waals surface area contributed by atoms with E-state index in [2.05, 4.69) is 15.5 Å². The number of hydrogen-bond acceptors (Lipinski definition) is 5. The molecule has 1 aromatic heterocycles. The van der Waals surface area contributed by atoms with Gasteiger partial charge >= 0.3 is 0 Å². The summed E-state index contributed by atoms with van der Waals surface area (Å²) in [7, 11) is 3.12. The number of H-pyrrole nitrogens is 1. The Kier molecular flexibility index (Phi) is 5.15. The molecule has 2 N–H and O–H groups in total. The molecular formula is C14H22N4O4. The zero-order chi connectivity index (χ0) is 16.2. The molecule has 1 unspecified atom stereocenters. The number of morpholine rings is 1. The third kappa shape index (κ3) is 3.45. The fraction of sp³-hybridized carbons (Fsp3) is 0.643. The molecule has 0 bridgehead atoms. The third-order valence-corrected chi connectivity index (χ3v) is 3.76. The Labute approximate surface area is 129 Å². The van der Waals surface area contributed by atoms with Crippen molar-refractivity contribution in [2.45, 2.75) is 18.9 Å². The second-order valence-corrected chi connectivity index (χ2v) is 5.45. The molecule has 2 amide bonds. The number of nitrogens with zero attached hydrogens (tertiary/aromatic N) is 2. The predicted molar refractivity (Wildman–Crippen MR) is 78.5 cm³/mol. The second kappa shape index (κ2) is 6.89. The zero-order valence-electron chi connectivity index (χ0n) is 13.1. The van der Waals surface area contributed by atoms with Gasteiger partial charge in [-0.05, 0) is 6.92 Å². The first-order valence-electron chi connectivity index (χ1n) is 7.14. The summed E-state index contributed by atoms with van der Waals surface area (Å²) in [5, 5.41) is 9.22. The highest BCUT2D eigenvalue weighted by atomic mass is 16.5. The van der Waals surface area contributed by atoms with Gasteiger partial charge in [0.25, 0.3) is 5.91 Å². The van der Waals surface area contributed by atoms with E-state index in [9.17, 15) is 9.59 Å². The number of methoxy groups -OCH3 is 1. The molecule has 2 rings (SSSR count). The van der Waals surface area contributed by atoms with Crippen LogP contribution >= 0.6 is 0 Å². The van der Waals surface area contributed by atoms with Crippen molar-refractivity contribution in [2.24, 2.45) is 0 Å². The van der Waals surface area contributed by atoms with Gasteiger partial charge in [-0.2, -0.15) is 5.10 Å². The molecule has 1 aromatic rings. The maximum Gasteiger partial charge on any atom is 0.257 e. The minimum absolute atomic E-state index is 0.119. The predicted octanol–water partition coefficient (Wildman–Crippen LogP) is -0.288. The van der Waals surface area contributed by atoms with E-state index in [0.29, 0.717) is 25.3 Å². The topological polar surface area (TPSA) is 96.5 Å². The highest BCUT2D eigenvalue weighted by Gasteiger charge is 2.40. The van der Waals surface area contributed by atoms with E-state index in [1.807, 2.05) is 0 Å². The largest absolute Gasteiger partial charge is 0.382 e. The van der Waals surface area contributed by atoms with Crippen LogP contribution in [0.15, 0.2) is 6.20 Å². The van der Waals surface area contributed by atoms with Crippen LogP contribution in [0.2, 0.25) is 0 Å². The molecule has 0 radical (unpaired) electrons. The van der Waals surface area contributed by atoms with Gasteiger partial charge in [0.15, 0.2) is 0 Å². The lowest BCUT2D eigenvalue weighted by Crippen LogP contribution is -2.57. The number of carbonyl (C=O) groups is 2. The monoisotopic (exact) mass is 310 g/mol. The molecule has 1 atom stereocenters. The normalized spacial score (nSPS) is 21.7. The fourth-order valence-electron chi connectivity index (χ4n) is 2.64. The summed E-state index contributed by atoms with van der Waals surface area (Å²) < 4.78 is 11.0. The van der Waals surface area contributed by atoms with Crippen LogP contribution < -0.4 is 5.32 Å². The van der Waals surface area contributed by atoms with Crippen LogP contribution in [0.5, 0.6) is 0 Å². The van der Waals surface area contributed by atoms with Crippen molar-refractivity contribution in [3.8, 4) is 0 Å². The molecule has 0 aliphatic carbocycles. The van der Waals surface area contributed by atoms with Gasteiger partial charge < -0.3 is 19.7 Å². The van der Waals surface area contributed by atoms with Crippen molar-refractivity contribution in [3.63, 3.8) is 0 Å². The zero-order valence-corrected chi connectivity index (χ0v) is 13.1. The van der Waals surface area contributed by atoms with Crippen LogP contribution in [0.1, 0.15) is 22.5 Å². The van der Waals surface area contributed by atoms with Crippen LogP contribution in [0.4, 0.5) is 0 Å². The molecule has 8 heteroatoms. The number of aromatic nitrogens is 2. The van der Waals surface area contributed by atoms with Crippen LogP contribution in [-0.4, -0.2) is 73.0 Å². The number of hydrogen-bond donors (Lipinski definition) is 2. The number of aryl methyl sites for hydroxylation is 1. The van der Waals surface area contributed by atoms with Gasteiger partial charge in [-0.25, -0.2) is 0 Å². The third-order valence-electron chi connectivity index (χ3n) is 3.76. The van der Waals surface area contributed by atoms with Crippen molar-refractivity contribution < 1.29 is 19.1 Å². The summed E-state index contributed by atoms with van der Waals surface area (Å²) in [6.45, 7) is 3.19. The number of amides is 2. The first-order chi connectivity index (χ1) is 10.5. The molecule has 1 aliphatic rings. The average molecular weight is 310 g/mol. The lowest BCUT2D eigenvalue weighted by atomic mass is 9.97. The quantitative estimate of drug-likeness (QED) is 0.779. The Balaban J connectivity index is 2.16. The summed E-state index contributed by atoms with van der Waals surface area (Å²) in [4.78, 5) is 26.0. The molecule has 0 saturated carbocycles. The van der Waals surface area contributed by atoms with E-state index < -0.39 is 5.60 Å². The minimum Gasteiger partial charge on any atom is -0.382 e. The molecule has 0 aromatic carbocycles. The van der Waals surface area contributed by atoms with Gasteiger partial charge in [0.05, 0.1) is 37.9 Å². The van der Waals surface area contributed by atoms with Gasteiger partial charge in [0.2, 0.25) is 5.91 Å². The molecule has 8 nitrogen and oxygen atoms in total. The number of carbonyl (C=O) groups excluding carboxylic acids is 2. The van der Waals surface area contributed by atoms with Crippen molar-refractivity contribution >= 4 is 11.8 Å². The molecular weight excluding hydrogens is 288 g/mol. The summed E-state index contributed by atoms with van der Waals surface area (Å²) in [6.07, 6.45) is 1.66. The lowest BCUT2D eigenvalue weighted by Gasteiger charge is -2.42. The van der Waals surface area contributed by atoms with E-state index >= 15 is 0 Å². The number of aromatic amines is 1. The number of rotatable bonds is 5. The van der Waals surface area contributed by atoms with E-state index in [1.165, 1.54) is 6.20 Å². The van der Waals surface area contributed by atoms with Crippen molar-refractivity contribution in [1.82, 2.24) is 20.4 Å². The van der Waals surface area contributed by atoms with Crippen molar-refractivity contribution in [2.75, 3.05) is 40.5 Å². The van der Waals surface area contributed by atoms with E-state index in [0.717, 1.165) is 5.69 Å². The second-order valence-electron chi connectivity index (χ2n) is 5.45. The highest BCUT2D eigenvalue weighted by molar-refractivity contribution is 5.95. The Morgan fingerprint density at radius 2 is 2.36 bits per heavy atom. The van der Waals surface area contributed by atoms with E-state index in [1.54, 1.807) is 26.0 Å². The van der Waals surface area contributed by atoms with Gasteiger partial charge in [-0.1, -0.05) is 0 Å². The standard InChI is InChI=1S/C14H22N4O4/c1-10-11(7-16-17-10)13(20)18-4-5-22-14(8-18,9-21-3)6-12(19)15-2/h7H,4-6,8-9H2,1-3H3,(H,15,19)(H,16,17). The molecule has 2 heterocycles. The Hall–Kier alpha value is -1.93. The lowest BCUT2D eigenvalue weighted by molar-refractivity contribution is -0.150. The number of ether oxygens (including phenoxy) is 2. The summed E-state index contributed by atoms with van der Waals surface area (Å²) in [5.41, 5.74) is 0.439. The average Bonchev–Trinajstić information content (AvgIpc) is 2.93. The molecule has 0 spiro atoms. The van der Waals surface area contributed by atoms with Gasteiger partial charge in [-0.3, -0.25) is 14.7 Å². The van der Waals surface area contributed by atoms with Gasteiger partial charge in [0.1, 0.15) is 5.60 Å². The fourth-order valence-corrected chi connectivity index (χ4v) is 2.64. The molecule has 1 aliphatic heterocycles. The van der Waals surface area contributed by atoms with E-state index in [-0.39, 0.29) is 24.8 Å². The first-order valence-corrected chi connectivity index (χ1v) is 7.14. The molecule has 1 fully saturated rings. The first kappa shape index (κ1) is 16.4. The van der Waals surface area contributed by atoms with Crippen LogP contribution in [0.3, 0.4) is 0 Å². The van der Waals surface area contributed by atoms with Gasteiger partial charge in [-0.15, -0.1) is 0 Å². The maximum atomic E-state index is 12.6.